The number of oxime groups is 1. The van der Waals surface area contributed by atoms with Gasteiger partial charge >= 0.3 is 5.97 Å². The number of aromatic nitrogens is 1. The maximum atomic E-state index is 12.5. The number of rotatable bonds is 8. The number of carboxylic acids is 1. The molecule has 6 rings (SSSR count). The zero-order valence-corrected chi connectivity index (χ0v) is 25.5. The van der Waals surface area contributed by atoms with E-state index in [2.05, 4.69) is 41.5 Å². The van der Waals surface area contributed by atoms with Crippen molar-refractivity contribution in [3.8, 4) is 5.75 Å². The van der Waals surface area contributed by atoms with Crippen molar-refractivity contribution in [1.29, 1.82) is 0 Å². The van der Waals surface area contributed by atoms with Crippen molar-refractivity contribution in [3.05, 3.63) is 53.3 Å². The van der Waals surface area contributed by atoms with Crippen LogP contribution in [0.1, 0.15) is 75.3 Å². The Morgan fingerprint density at radius 3 is 2.70 bits per heavy atom. The molecule has 4 aliphatic rings. The van der Waals surface area contributed by atoms with Crippen LogP contribution in [-0.2, 0) is 16.1 Å². The Morgan fingerprint density at radius 1 is 1.14 bits per heavy atom. The van der Waals surface area contributed by atoms with Gasteiger partial charge in [0.05, 0.1) is 12.7 Å². The van der Waals surface area contributed by atoms with Gasteiger partial charge in [0.15, 0.2) is 6.61 Å². The van der Waals surface area contributed by atoms with E-state index in [4.69, 9.17) is 9.57 Å². The number of aliphatic hydroxyl groups is 1. The summed E-state index contributed by atoms with van der Waals surface area (Å²) in [6.07, 6.45) is 13.1. The number of carboxylic acid groups (broad SMARTS) is 1. The number of amides is 1. The monoisotopic (exact) mass is 589 g/mol. The summed E-state index contributed by atoms with van der Waals surface area (Å²) in [5, 5.41) is 28.6. The first-order valence-corrected chi connectivity index (χ1v) is 15.5. The smallest absolute Gasteiger partial charge is 0.352 e. The highest BCUT2D eigenvalue weighted by molar-refractivity contribution is 6.05. The Hall–Kier alpha value is -3.59. The van der Waals surface area contributed by atoms with Crippen LogP contribution in [0.2, 0.25) is 0 Å². The molecule has 4 aliphatic carbocycles. The Kier molecular flexibility index (Phi) is 7.43. The van der Waals surface area contributed by atoms with Crippen molar-refractivity contribution in [2.75, 3.05) is 20.3 Å². The molecule has 1 aromatic heterocycles. The van der Waals surface area contributed by atoms with Crippen LogP contribution < -0.4 is 10.1 Å². The molecule has 0 aliphatic heterocycles. The van der Waals surface area contributed by atoms with Gasteiger partial charge in [0, 0.05) is 22.9 Å². The molecular weight excluding hydrogens is 546 g/mol. The second kappa shape index (κ2) is 10.8. The number of nitrogens with one attached hydrogen (secondary N) is 2. The number of hydrogen-bond acceptors (Lipinski definition) is 6. The molecule has 0 spiro atoms. The van der Waals surface area contributed by atoms with E-state index in [-0.39, 0.29) is 35.6 Å². The lowest BCUT2D eigenvalue weighted by Crippen LogP contribution is -2.53. The van der Waals surface area contributed by atoms with Gasteiger partial charge in [0.1, 0.15) is 17.2 Å². The number of aromatic amines is 1. The average molecular weight is 590 g/mol. The number of benzene rings is 1. The summed E-state index contributed by atoms with van der Waals surface area (Å²) in [5.74, 6) is 1.00. The first kappa shape index (κ1) is 29.5. The fraction of sp³-hybridized carbons (Fsp3) is 0.559. The van der Waals surface area contributed by atoms with E-state index in [1.54, 1.807) is 25.3 Å². The van der Waals surface area contributed by atoms with Gasteiger partial charge in [-0.1, -0.05) is 30.7 Å². The number of carbonyl (C=O) groups is 2. The molecule has 0 saturated heterocycles. The highest BCUT2D eigenvalue weighted by Crippen LogP contribution is 2.66. The number of methoxy groups -OCH3 is 1. The summed E-state index contributed by atoms with van der Waals surface area (Å²) in [4.78, 5) is 32.7. The van der Waals surface area contributed by atoms with E-state index in [0.29, 0.717) is 46.7 Å². The summed E-state index contributed by atoms with van der Waals surface area (Å²) in [5.41, 5.74) is 2.92. The van der Waals surface area contributed by atoms with Gasteiger partial charge in [0.2, 0.25) is 0 Å². The van der Waals surface area contributed by atoms with Crippen LogP contribution in [0.25, 0.3) is 10.9 Å². The van der Waals surface area contributed by atoms with Crippen LogP contribution in [0.5, 0.6) is 5.75 Å². The van der Waals surface area contributed by atoms with Crippen LogP contribution >= 0.6 is 0 Å². The summed E-state index contributed by atoms with van der Waals surface area (Å²) >= 11 is 0. The number of allylic oxidation sites excluding steroid dienone is 4. The fourth-order valence-corrected chi connectivity index (χ4v) is 8.85. The third-order valence-corrected chi connectivity index (χ3v) is 11.5. The molecule has 3 fully saturated rings. The molecule has 43 heavy (non-hydrogen) atoms. The highest BCUT2D eigenvalue weighted by atomic mass is 16.6. The van der Waals surface area contributed by atoms with E-state index in [0.717, 1.165) is 43.9 Å². The Labute approximate surface area is 252 Å². The zero-order chi connectivity index (χ0) is 30.6. The predicted molar refractivity (Wildman–Crippen MR) is 164 cm³/mol. The van der Waals surface area contributed by atoms with Gasteiger partial charge in [-0.15, -0.1) is 0 Å². The second-order valence-electron chi connectivity index (χ2n) is 13.6. The Morgan fingerprint density at radius 2 is 1.93 bits per heavy atom. The second-order valence-corrected chi connectivity index (χ2v) is 13.6. The molecule has 6 atom stereocenters. The Balaban J connectivity index is 1.04. The minimum Gasteiger partial charge on any atom is -0.497 e. The molecule has 0 bridgehead atoms. The summed E-state index contributed by atoms with van der Waals surface area (Å²) in [7, 11) is 1.56. The number of hydrogen-bond donors (Lipinski definition) is 4. The number of carbonyl (C=O) groups excluding carboxylic acids is 1. The summed E-state index contributed by atoms with van der Waals surface area (Å²) in [6, 6.07) is 5.35. The molecule has 0 radical (unpaired) electrons. The number of fused-ring (bicyclic) bond motifs is 6. The lowest BCUT2D eigenvalue weighted by atomic mass is 9.47. The van der Waals surface area contributed by atoms with Crippen LogP contribution in [0.4, 0.5) is 0 Å². The van der Waals surface area contributed by atoms with E-state index in [9.17, 15) is 19.8 Å². The van der Waals surface area contributed by atoms with Crippen molar-refractivity contribution in [2.24, 2.45) is 33.7 Å². The van der Waals surface area contributed by atoms with Crippen LogP contribution in [0, 0.1) is 28.6 Å². The van der Waals surface area contributed by atoms with Crippen molar-refractivity contribution < 1.29 is 29.4 Å². The molecule has 3 unspecified atom stereocenters. The summed E-state index contributed by atoms with van der Waals surface area (Å²) < 4.78 is 5.29. The fourth-order valence-electron chi connectivity index (χ4n) is 8.85. The standard InChI is InChI=1S/C34H43N3O6/c1-32-13-9-21(17-20(32)5-7-24-26(32)10-14-33(2)27(24)11-15-34(33,3)41)37-43-19-29(38)35-16-12-23-25-18-22(42-4)6-8-28(25)36-30(23)31(39)40/h6,8-9,13,17-18,24,26-27,36,41H,5,7,10-12,14-16,19H2,1-4H3,(H,35,38)(H,39,40)/t24?,26?,27?,32-,33-,34-/m0/s1. The van der Waals surface area contributed by atoms with Gasteiger partial charge in [-0.05, 0) is 111 Å². The van der Waals surface area contributed by atoms with Crippen molar-refractivity contribution in [2.45, 2.75) is 71.3 Å². The molecule has 1 heterocycles. The molecule has 9 nitrogen and oxygen atoms in total. The highest BCUT2D eigenvalue weighted by Gasteiger charge is 2.62. The summed E-state index contributed by atoms with van der Waals surface area (Å²) in [6.45, 7) is 6.74. The van der Waals surface area contributed by atoms with E-state index >= 15 is 0 Å². The molecule has 3 saturated carbocycles. The third-order valence-electron chi connectivity index (χ3n) is 11.5. The molecule has 230 valence electrons. The number of H-pyrrole nitrogens is 1. The van der Waals surface area contributed by atoms with Gasteiger partial charge in [-0.3, -0.25) is 4.79 Å². The normalized spacial score (nSPS) is 33.8. The van der Waals surface area contributed by atoms with Crippen LogP contribution in [-0.4, -0.2) is 58.6 Å². The lowest BCUT2D eigenvalue weighted by Gasteiger charge is -2.58. The largest absolute Gasteiger partial charge is 0.497 e. The SMILES string of the molecule is COc1ccc2[nH]c(C(=O)O)c(CCNC(=O)CON=C3C=C[C@@]4(C)C(=C3)CCC3C4CC[C@@]4(C)C3CC[C@]4(C)O)c2c1. The van der Waals surface area contributed by atoms with Crippen molar-refractivity contribution in [3.63, 3.8) is 0 Å². The first-order valence-electron chi connectivity index (χ1n) is 15.5. The van der Waals surface area contributed by atoms with E-state index in [1.807, 2.05) is 13.0 Å². The quantitative estimate of drug-likeness (QED) is 0.305. The number of ether oxygens (including phenoxy) is 1. The number of aromatic carboxylic acids is 1. The first-order chi connectivity index (χ1) is 20.5. The molecule has 4 N–H and O–H groups in total. The lowest BCUT2D eigenvalue weighted by molar-refractivity contribution is -0.125. The van der Waals surface area contributed by atoms with Crippen molar-refractivity contribution in [1.82, 2.24) is 10.3 Å². The Bertz CT molecular complexity index is 1540. The maximum Gasteiger partial charge on any atom is 0.352 e. The van der Waals surface area contributed by atoms with Crippen molar-refractivity contribution >= 4 is 28.5 Å². The topological polar surface area (TPSA) is 133 Å². The van der Waals surface area contributed by atoms with Gasteiger partial charge in [-0.2, -0.15) is 0 Å². The van der Waals surface area contributed by atoms with E-state index in [1.165, 1.54) is 5.57 Å². The maximum absolute atomic E-state index is 12.5. The molecule has 1 amide bonds. The average Bonchev–Trinajstić information content (AvgIpc) is 3.46. The predicted octanol–water partition coefficient (Wildman–Crippen LogP) is 5.40. The van der Waals surface area contributed by atoms with Crippen LogP contribution in [0.15, 0.2) is 47.2 Å². The van der Waals surface area contributed by atoms with Gasteiger partial charge in [-0.25, -0.2) is 4.79 Å². The van der Waals surface area contributed by atoms with Gasteiger partial charge < -0.3 is 30.1 Å². The van der Waals surface area contributed by atoms with E-state index < -0.39 is 11.6 Å². The zero-order valence-electron chi connectivity index (χ0n) is 25.5. The minimum absolute atomic E-state index is 0.00662. The molecular formula is C34H43N3O6. The minimum atomic E-state index is -1.05. The molecule has 1 aromatic carbocycles. The molecule has 2 aromatic rings. The van der Waals surface area contributed by atoms with Gasteiger partial charge in [0.25, 0.3) is 5.91 Å². The third kappa shape index (κ3) is 4.95. The number of nitrogens with zero attached hydrogens (tertiary/aromatic N) is 1. The molecule has 9 heteroatoms. The van der Waals surface area contributed by atoms with Crippen LogP contribution in [0.3, 0.4) is 0 Å².